The standard InChI is InChI=1S/C20H20ClNO6/c21-17-8-6-14(7-9-17)16(12-18(23)24)13-22-20(26)28-11-10-27-19(25)15-4-2-1-3-5-15/h1-9,16H,10-13H2,(H,22,26)(H,23,24)/t16-/m0/s1. The number of aliphatic carboxylic acids is 1. The van der Waals surface area contributed by atoms with Gasteiger partial charge in [0.05, 0.1) is 12.0 Å². The predicted molar refractivity (Wildman–Crippen MR) is 103 cm³/mol. The number of benzene rings is 2. The van der Waals surface area contributed by atoms with Crippen LogP contribution in [-0.2, 0) is 14.3 Å². The van der Waals surface area contributed by atoms with Crippen LogP contribution in [-0.4, -0.2) is 42.9 Å². The number of carboxylic acids is 1. The zero-order valence-corrected chi connectivity index (χ0v) is 15.7. The smallest absolute Gasteiger partial charge is 0.407 e. The average Bonchev–Trinajstić information content (AvgIpc) is 2.69. The number of esters is 1. The summed E-state index contributed by atoms with van der Waals surface area (Å²) < 4.78 is 9.95. The average molecular weight is 406 g/mol. The first-order valence-electron chi connectivity index (χ1n) is 8.55. The first kappa shape index (κ1) is 21.2. The first-order valence-corrected chi connectivity index (χ1v) is 8.93. The van der Waals surface area contributed by atoms with Crippen molar-refractivity contribution in [3.05, 3.63) is 70.7 Å². The quantitative estimate of drug-likeness (QED) is 0.489. The Balaban J connectivity index is 1.74. The van der Waals surface area contributed by atoms with Gasteiger partial charge in [-0.05, 0) is 29.8 Å². The van der Waals surface area contributed by atoms with Crippen LogP contribution in [0.15, 0.2) is 54.6 Å². The molecule has 1 atom stereocenters. The van der Waals surface area contributed by atoms with E-state index in [4.69, 9.17) is 26.2 Å². The minimum atomic E-state index is -0.983. The van der Waals surface area contributed by atoms with E-state index < -0.39 is 23.9 Å². The summed E-state index contributed by atoms with van der Waals surface area (Å²) in [5.41, 5.74) is 1.15. The fraction of sp³-hybridized carbons (Fsp3) is 0.250. The number of amides is 1. The number of ether oxygens (including phenoxy) is 2. The number of rotatable bonds is 9. The van der Waals surface area contributed by atoms with Gasteiger partial charge in [0.25, 0.3) is 0 Å². The van der Waals surface area contributed by atoms with Gasteiger partial charge >= 0.3 is 18.0 Å². The van der Waals surface area contributed by atoms with Crippen molar-refractivity contribution in [2.24, 2.45) is 0 Å². The van der Waals surface area contributed by atoms with Gasteiger partial charge in [0.15, 0.2) is 0 Å². The van der Waals surface area contributed by atoms with Crippen LogP contribution in [0.4, 0.5) is 4.79 Å². The number of nitrogens with one attached hydrogen (secondary N) is 1. The van der Waals surface area contributed by atoms with Gasteiger partial charge in [0.2, 0.25) is 0 Å². The van der Waals surface area contributed by atoms with Gasteiger partial charge in [-0.15, -0.1) is 0 Å². The van der Waals surface area contributed by atoms with Gasteiger partial charge in [-0.2, -0.15) is 0 Å². The third-order valence-electron chi connectivity index (χ3n) is 3.81. The predicted octanol–water partition coefficient (Wildman–Crippen LogP) is 3.48. The molecule has 1 amide bonds. The maximum atomic E-state index is 11.8. The summed E-state index contributed by atoms with van der Waals surface area (Å²) >= 11 is 5.84. The molecular weight excluding hydrogens is 386 g/mol. The molecule has 8 heteroatoms. The summed E-state index contributed by atoms with van der Waals surface area (Å²) in [4.78, 5) is 34.6. The molecule has 148 valence electrons. The van der Waals surface area contributed by atoms with Gasteiger partial charge in [0.1, 0.15) is 13.2 Å². The highest BCUT2D eigenvalue weighted by atomic mass is 35.5. The van der Waals surface area contributed by atoms with Crippen molar-refractivity contribution >= 4 is 29.6 Å². The third kappa shape index (κ3) is 7.28. The van der Waals surface area contributed by atoms with Crippen LogP contribution in [0.5, 0.6) is 0 Å². The monoisotopic (exact) mass is 405 g/mol. The van der Waals surface area contributed by atoms with Crippen LogP contribution in [0.2, 0.25) is 5.02 Å². The van der Waals surface area contributed by atoms with Crippen LogP contribution < -0.4 is 5.32 Å². The molecule has 0 heterocycles. The molecular formula is C20H20ClNO6. The number of carbonyl (C=O) groups is 3. The molecule has 7 nitrogen and oxygen atoms in total. The van der Waals surface area contributed by atoms with E-state index in [0.717, 1.165) is 5.56 Å². The lowest BCUT2D eigenvalue weighted by Gasteiger charge is -2.16. The van der Waals surface area contributed by atoms with Crippen molar-refractivity contribution in [3.8, 4) is 0 Å². The van der Waals surface area contributed by atoms with Crippen LogP contribution in [0.25, 0.3) is 0 Å². The molecule has 2 aromatic carbocycles. The molecule has 0 saturated heterocycles. The van der Waals surface area contributed by atoms with Gasteiger partial charge in [-0.1, -0.05) is 41.9 Å². The van der Waals surface area contributed by atoms with E-state index in [-0.39, 0.29) is 26.2 Å². The second-order valence-electron chi connectivity index (χ2n) is 5.87. The SMILES string of the molecule is O=C(O)C[C@@H](CNC(=O)OCCOC(=O)c1ccccc1)c1ccc(Cl)cc1. The maximum absolute atomic E-state index is 11.8. The van der Waals surface area contributed by atoms with E-state index in [1.165, 1.54) is 0 Å². The van der Waals surface area contributed by atoms with Crippen molar-refractivity contribution in [2.45, 2.75) is 12.3 Å². The molecule has 2 rings (SSSR count). The van der Waals surface area contributed by atoms with Crippen molar-refractivity contribution in [1.82, 2.24) is 5.32 Å². The van der Waals surface area contributed by atoms with Gasteiger partial charge in [-0.3, -0.25) is 4.79 Å². The lowest BCUT2D eigenvalue weighted by atomic mass is 9.96. The Morgan fingerprint density at radius 2 is 1.61 bits per heavy atom. The second kappa shape index (κ2) is 10.9. The summed E-state index contributed by atoms with van der Waals surface area (Å²) in [6, 6.07) is 15.2. The highest BCUT2D eigenvalue weighted by Crippen LogP contribution is 2.21. The highest BCUT2D eigenvalue weighted by Gasteiger charge is 2.17. The normalized spacial score (nSPS) is 11.3. The third-order valence-corrected chi connectivity index (χ3v) is 4.07. The minimum Gasteiger partial charge on any atom is -0.481 e. The number of hydrogen-bond acceptors (Lipinski definition) is 5. The van der Waals surface area contributed by atoms with Crippen molar-refractivity contribution < 1.29 is 29.0 Å². The summed E-state index contributed by atoms with van der Waals surface area (Å²) in [6.45, 7) is -0.123. The summed E-state index contributed by atoms with van der Waals surface area (Å²) in [6.07, 6.45) is -0.878. The highest BCUT2D eigenvalue weighted by molar-refractivity contribution is 6.30. The fourth-order valence-electron chi connectivity index (χ4n) is 2.44. The van der Waals surface area contributed by atoms with E-state index in [1.807, 2.05) is 0 Å². The minimum absolute atomic E-state index is 0.0799. The second-order valence-corrected chi connectivity index (χ2v) is 6.30. The van der Waals surface area contributed by atoms with Crippen LogP contribution in [0.3, 0.4) is 0 Å². The Morgan fingerprint density at radius 3 is 2.25 bits per heavy atom. The van der Waals surface area contributed by atoms with Crippen molar-refractivity contribution in [3.63, 3.8) is 0 Å². The lowest BCUT2D eigenvalue weighted by molar-refractivity contribution is -0.137. The van der Waals surface area contributed by atoms with E-state index in [9.17, 15) is 14.4 Å². The Morgan fingerprint density at radius 1 is 0.964 bits per heavy atom. The van der Waals surface area contributed by atoms with E-state index in [1.54, 1.807) is 54.6 Å². The molecule has 2 aromatic rings. The van der Waals surface area contributed by atoms with Gasteiger partial charge in [-0.25, -0.2) is 9.59 Å². The molecule has 0 aliphatic heterocycles. The number of carboxylic acid groups (broad SMARTS) is 1. The maximum Gasteiger partial charge on any atom is 0.407 e. The zero-order valence-electron chi connectivity index (χ0n) is 15.0. The molecule has 0 bridgehead atoms. The van der Waals surface area contributed by atoms with E-state index in [2.05, 4.69) is 5.32 Å². The molecule has 0 aliphatic carbocycles. The Kier molecular flexibility index (Phi) is 8.30. The fourth-order valence-corrected chi connectivity index (χ4v) is 2.56. The Labute approximate surface area is 167 Å². The summed E-state index contributed by atoms with van der Waals surface area (Å²) in [5.74, 6) is -1.92. The molecule has 0 aromatic heterocycles. The van der Waals surface area contributed by atoms with Gasteiger partial charge < -0.3 is 19.9 Å². The Bertz CT molecular complexity index is 794. The van der Waals surface area contributed by atoms with Crippen LogP contribution >= 0.6 is 11.6 Å². The Hall–Kier alpha value is -3.06. The van der Waals surface area contributed by atoms with E-state index in [0.29, 0.717) is 10.6 Å². The number of alkyl carbamates (subject to hydrolysis) is 1. The largest absolute Gasteiger partial charge is 0.481 e. The molecule has 0 radical (unpaired) electrons. The van der Waals surface area contributed by atoms with E-state index >= 15 is 0 Å². The van der Waals surface area contributed by atoms with Crippen LogP contribution in [0, 0.1) is 0 Å². The molecule has 0 spiro atoms. The number of halogens is 1. The molecule has 2 N–H and O–H groups in total. The summed E-state index contributed by atoms with van der Waals surface area (Å²) in [5, 5.41) is 12.1. The van der Waals surface area contributed by atoms with Crippen molar-refractivity contribution in [2.75, 3.05) is 19.8 Å². The van der Waals surface area contributed by atoms with Crippen LogP contribution in [0.1, 0.15) is 28.3 Å². The molecule has 0 aliphatic rings. The van der Waals surface area contributed by atoms with Gasteiger partial charge in [0, 0.05) is 17.5 Å². The molecule has 0 saturated carbocycles. The molecule has 0 unspecified atom stereocenters. The number of hydrogen-bond donors (Lipinski definition) is 2. The number of carbonyl (C=O) groups excluding carboxylic acids is 2. The summed E-state index contributed by atoms with van der Waals surface area (Å²) in [7, 11) is 0. The van der Waals surface area contributed by atoms with Crippen molar-refractivity contribution in [1.29, 1.82) is 0 Å². The lowest BCUT2D eigenvalue weighted by Crippen LogP contribution is -2.31. The topological polar surface area (TPSA) is 102 Å². The first-order chi connectivity index (χ1) is 13.5. The zero-order chi connectivity index (χ0) is 20.4. The molecule has 28 heavy (non-hydrogen) atoms. The molecule has 0 fully saturated rings.